The summed E-state index contributed by atoms with van der Waals surface area (Å²) in [6.07, 6.45) is 1.73. The Bertz CT molecular complexity index is 1480. The lowest BCUT2D eigenvalue weighted by atomic mass is 9.84. The van der Waals surface area contributed by atoms with Gasteiger partial charge in [0.2, 0.25) is 17.7 Å². The van der Waals surface area contributed by atoms with Crippen molar-refractivity contribution in [3.05, 3.63) is 64.7 Å². The van der Waals surface area contributed by atoms with Gasteiger partial charge in [-0.25, -0.2) is 0 Å². The Kier molecular flexibility index (Phi) is 9.52. The minimum atomic E-state index is -0.841. The van der Waals surface area contributed by atoms with E-state index in [-0.39, 0.29) is 35.9 Å². The van der Waals surface area contributed by atoms with Crippen LogP contribution in [0.4, 0.5) is 5.69 Å². The molecule has 0 aromatic heterocycles. The minimum absolute atomic E-state index is 0.0534. The van der Waals surface area contributed by atoms with Gasteiger partial charge in [-0.2, -0.15) is 5.26 Å². The smallest absolute Gasteiger partial charge is 0.246 e. The molecule has 0 unspecified atom stereocenters. The van der Waals surface area contributed by atoms with Crippen LogP contribution in [-0.2, 0) is 32.0 Å². The van der Waals surface area contributed by atoms with Gasteiger partial charge >= 0.3 is 0 Å². The highest BCUT2D eigenvalue weighted by Gasteiger charge is 2.48. The summed E-state index contributed by atoms with van der Waals surface area (Å²) in [6.45, 7) is 10.8. The zero-order valence-corrected chi connectivity index (χ0v) is 27.2. The quantitative estimate of drug-likeness (QED) is 0.397. The Balaban J connectivity index is 1.48. The average Bonchev–Trinajstić information content (AvgIpc) is 3.55. The number of nitrogens with one attached hydrogen (secondary N) is 3. The van der Waals surface area contributed by atoms with Gasteiger partial charge in [-0.3, -0.25) is 14.4 Å². The number of amides is 3. The SMILES string of the molecule is CCO[C@H]1Cc2ccccc2[C@@H]1NC(=O)[C@@H]1CN2c3ccc(C#N)cc3C[C@H]2CN1C(=O)[C@@H](NC(=O)[C@H](CC)NC)C(C)(C)C. The molecule has 3 N–H and O–H groups in total. The fourth-order valence-corrected chi connectivity index (χ4v) is 7.10. The van der Waals surface area contributed by atoms with E-state index in [4.69, 9.17) is 4.74 Å². The van der Waals surface area contributed by atoms with Crippen molar-refractivity contribution in [1.29, 1.82) is 5.26 Å². The van der Waals surface area contributed by atoms with Crippen LogP contribution < -0.4 is 20.9 Å². The molecular weight excluding hydrogens is 568 g/mol. The Hall–Kier alpha value is -3.94. The number of nitriles is 1. The molecule has 3 amide bonds. The molecule has 1 saturated heterocycles. The number of piperazine rings is 1. The largest absolute Gasteiger partial charge is 0.376 e. The van der Waals surface area contributed by atoms with Crippen molar-refractivity contribution in [2.75, 3.05) is 31.6 Å². The Morgan fingerprint density at radius 3 is 2.49 bits per heavy atom. The third-order valence-electron chi connectivity index (χ3n) is 9.49. The molecule has 0 radical (unpaired) electrons. The number of hydrogen-bond donors (Lipinski definition) is 3. The monoisotopic (exact) mass is 614 g/mol. The molecule has 0 spiro atoms. The molecule has 2 aliphatic heterocycles. The summed E-state index contributed by atoms with van der Waals surface area (Å²) in [7, 11) is 1.73. The molecule has 3 aliphatic rings. The number of ether oxygens (including phenoxy) is 1. The molecule has 10 nitrogen and oxygen atoms in total. The van der Waals surface area contributed by atoms with Crippen LogP contribution in [0.3, 0.4) is 0 Å². The van der Waals surface area contributed by atoms with Crippen LogP contribution in [0.25, 0.3) is 0 Å². The zero-order valence-electron chi connectivity index (χ0n) is 27.2. The summed E-state index contributed by atoms with van der Waals surface area (Å²) >= 11 is 0. The predicted molar refractivity (Wildman–Crippen MR) is 172 cm³/mol. The first kappa shape index (κ1) is 32.5. The summed E-state index contributed by atoms with van der Waals surface area (Å²) < 4.78 is 6.08. The molecule has 45 heavy (non-hydrogen) atoms. The molecule has 2 aromatic rings. The van der Waals surface area contributed by atoms with Crippen molar-refractivity contribution in [2.45, 2.75) is 90.2 Å². The number of hydrogen-bond acceptors (Lipinski definition) is 7. The lowest BCUT2D eigenvalue weighted by Gasteiger charge is -2.46. The highest BCUT2D eigenvalue weighted by molar-refractivity contribution is 5.94. The molecule has 2 heterocycles. The number of benzene rings is 2. The fraction of sp³-hybridized carbons (Fsp3) is 0.543. The second-order valence-electron chi connectivity index (χ2n) is 13.4. The van der Waals surface area contributed by atoms with E-state index in [2.05, 4.69) is 33.0 Å². The number of rotatable bonds is 9. The number of carbonyl (C=O) groups is 3. The van der Waals surface area contributed by atoms with Crippen LogP contribution in [0, 0.1) is 16.7 Å². The van der Waals surface area contributed by atoms with Gasteiger partial charge in [0.05, 0.1) is 35.9 Å². The van der Waals surface area contributed by atoms with Crippen LogP contribution in [0.2, 0.25) is 0 Å². The zero-order chi connectivity index (χ0) is 32.5. The normalized spacial score (nSPS) is 23.3. The van der Waals surface area contributed by atoms with Crippen LogP contribution in [0.1, 0.15) is 69.3 Å². The summed E-state index contributed by atoms with van der Waals surface area (Å²) in [5.41, 5.74) is 4.18. The Morgan fingerprint density at radius 1 is 1.07 bits per heavy atom. The van der Waals surface area contributed by atoms with E-state index < -0.39 is 23.5 Å². The maximum absolute atomic E-state index is 14.6. The third kappa shape index (κ3) is 6.42. The molecular formula is C35H46N6O4. The van der Waals surface area contributed by atoms with Gasteiger partial charge in [-0.1, -0.05) is 52.0 Å². The number of fused-ring (bicyclic) bond motifs is 4. The van der Waals surface area contributed by atoms with Gasteiger partial charge in [0.15, 0.2) is 0 Å². The van der Waals surface area contributed by atoms with E-state index in [0.717, 1.165) is 22.4 Å². The molecule has 240 valence electrons. The van der Waals surface area contributed by atoms with E-state index in [1.165, 1.54) is 0 Å². The second-order valence-corrected chi connectivity index (χ2v) is 13.4. The van der Waals surface area contributed by atoms with Crippen LogP contribution >= 0.6 is 0 Å². The topological polar surface area (TPSA) is 127 Å². The average molecular weight is 615 g/mol. The van der Waals surface area contributed by atoms with E-state index in [0.29, 0.717) is 44.5 Å². The highest BCUT2D eigenvalue weighted by Crippen LogP contribution is 2.38. The van der Waals surface area contributed by atoms with Crippen LogP contribution in [0.15, 0.2) is 42.5 Å². The molecule has 5 rings (SSSR count). The molecule has 1 aliphatic carbocycles. The highest BCUT2D eigenvalue weighted by atomic mass is 16.5. The van der Waals surface area contributed by atoms with Crippen molar-refractivity contribution in [1.82, 2.24) is 20.9 Å². The molecule has 2 aromatic carbocycles. The molecule has 0 saturated carbocycles. The van der Waals surface area contributed by atoms with Crippen molar-refractivity contribution in [2.24, 2.45) is 5.41 Å². The molecule has 6 atom stereocenters. The predicted octanol–water partition coefficient (Wildman–Crippen LogP) is 2.85. The van der Waals surface area contributed by atoms with Gasteiger partial charge < -0.3 is 30.5 Å². The summed E-state index contributed by atoms with van der Waals surface area (Å²) in [6, 6.07) is 13.4. The van der Waals surface area contributed by atoms with Crippen molar-refractivity contribution < 1.29 is 19.1 Å². The number of carbonyl (C=O) groups excluding carboxylic acids is 3. The summed E-state index contributed by atoms with van der Waals surface area (Å²) in [5, 5.41) is 18.8. The third-order valence-corrected chi connectivity index (χ3v) is 9.49. The molecule has 0 bridgehead atoms. The summed E-state index contributed by atoms with van der Waals surface area (Å²) in [4.78, 5) is 46.1. The van der Waals surface area contributed by atoms with Gasteiger partial charge in [0.25, 0.3) is 0 Å². The second kappa shape index (κ2) is 13.2. The van der Waals surface area contributed by atoms with E-state index >= 15 is 0 Å². The van der Waals surface area contributed by atoms with Gasteiger partial charge in [0, 0.05) is 31.8 Å². The first-order chi connectivity index (χ1) is 21.5. The first-order valence-electron chi connectivity index (χ1n) is 16.1. The number of likely N-dealkylation sites (N-methyl/N-ethyl adjacent to an activating group) is 1. The lowest BCUT2D eigenvalue weighted by Crippen LogP contribution is -2.68. The first-order valence-corrected chi connectivity index (χ1v) is 16.1. The van der Waals surface area contributed by atoms with Gasteiger partial charge in [-0.15, -0.1) is 0 Å². The van der Waals surface area contributed by atoms with Crippen LogP contribution in [-0.4, -0.2) is 79.6 Å². The van der Waals surface area contributed by atoms with E-state index in [1.807, 2.05) is 65.0 Å². The van der Waals surface area contributed by atoms with Crippen molar-refractivity contribution >= 4 is 23.4 Å². The molecule has 1 fully saturated rings. The Labute approximate surface area is 266 Å². The number of nitrogens with zero attached hydrogens (tertiary/aromatic N) is 3. The fourth-order valence-electron chi connectivity index (χ4n) is 7.10. The standard InChI is InChI=1S/C35H46N6O4/c1-7-26(37-6)32(42)39-31(35(3,4)5)34(44)41-19-24-16-23-15-21(18-36)13-14-27(23)40(24)20-28(41)33(43)38-30-25-12-10-9-11-22(25)17-29(30)45-8-2/h9-15,24,26,28-31,37H,7-8,16-17,19-20H2,1-6H3,(H,38,43)(H,39,42)/t24-,26-,28-,29-,30-,31+/m0/s1. The molecule has 10 heteroatoms. The van der Waals surface area contributed by atoms with Gasteiger partial charge in [-0.05, 0) is 67.1 Å². The summed E-state index contributed by atoms with van der Waals surface area (Å²) in [5.74, 6) is -0.772. The lowest BCUT2D eigenvalue weighted by molar-refractivity contribution is -0.147. The minimum Gasteiger partial charge on any atom is -0.376 e. The maximum Gasteiger partial charge on any atom is 0.246 e. The van der Waals surface area contributed by atoms with Crippen molar-refractivity contribution in [3.63, 3.8) is 0 Å². The van der Waals surface area contributed by atoms with E-state index in [1.54, 1.807) is 18.0 Å². The van der Waals surface area contributed by atoms with Crippen molar-refractivity contribution in [3.8, 4) is 6.07 Å². The maximum atomic E-state index is 14.6. The Morgan fingerprint density at radius 2 is 1.82 bits per heavy atom. The van der Waals surface area contributed by atoms with E-state index in [9.17, 15) is 19.6 Å². The number of anilines is 1. The van der Waals surface area contributed by atoms with Gasteiger partial charge in [0.1, 0.15) is 12.1 Å². The van der Waals surface area contributed by atoms with Crippen LogP contribution in [0.5, 0.6) is 0 Å².